The van der Waals surface area contributed by atoms with E-state index in [9.17, 15) is 4.79 Å². The second kappa shape index (κ2) is 6.88. The van der Waals surface area contributed by atoms with Gasteiger partial charge in [-0.15, -0.1) is 0 Å². The minimum Gasteiger partial charge on any atom is -0.351 e. The zero-order chi connectivity index (χ0) is 17.1. The van der Waals surface area contributed by atoms with E-state index in [4.69, 9.17) is 4.52 Å². The molecule has 3 aromatic rings. The number of nitrogens with zero attached hydrogens (tertiary/aromatic N) is 4. The lowest BCUT2D eigenvalue weighted by Crippen LogP contribution is -2.25. The van der Waals surface area contributed by atoms with E-state index >= 15 is 0 Å². The van der Waals surface area contributed by atoms with E-state index in [1.165, 1.54) is 0 Å². The van der Waals surface area contributed by atoms with Crippen molar-refractivity contribution in [3.05, 3.63) is 65.6 Å². The molecule has 2 heterocycles. The van der Waals surface area contributed by atoms with Crippen molar-refractivity contribution in [2.75, 3.05) is 6.54 Å². The summed E-state index contributed by atoms with van der Waals surface area (Å²) in [4.78, 5) is 16.5. The predicted molar refractivity (Wildman–Crippen MR) is 90.1 cm³/mol. The van der Waals surface area contributed by atoms with Crippen molar-refractivity contribution in [2.24, 2.45) is 0 Å². The van der Waals surface area contributed by atoms with E-state index < -0.39 is 0 Å². The highest BCUT2D eigenvalue weighted by molar-refractivity contribution is 5.93. The molecule has 0 unspecified atom stereocenters. The molecule has 128 valence electrons. The maximum atomic E-state index is 12.2. The molecule has 4 rings (SSSR count). The zero-order valence-electron chi connectivity index (χ0n) is 13.8. The molecular weight excluding hydrogens is 318 g/mol. The molecular formula is C18H19N5O2. The largest absolute Gasteiger partial charge is 0.351 e. The van der Waals surface area contributed by atoms with Crippen LogP contribution in [0.4, 0.5) is 0 Å². The first-order chi connectivity index (χ1) is 12.3. The Labute approximate surface area is 145 Å². The minimum atomic E-state index is -0.148. The van der Waals surface area contributed by atoms with E-state index in [0.717, 1.165) is 24.3 Å². The normalized spacial score (nSPS) is 13.8. The molecule has 1 amide bonds. The lowest BCUT2D eigenvalue weighted by molar-refractivity contribution is 0.0954. The van der Waals surface area contributed by atoms with Crippen LogP contribution in [0.2, 0.25) is 0 Å². The van der Waals surface area contributed by atoms with Crippen LogP contribution in [0, 0.1) is 0 Å². The Morgan fingerprint density at radius 1 is 1.28 bits per heavy atom. The van der Waals surface area contributed by atoms with Gasteiger partial charge in [0.15, 0.2) is 5.82 Å². The number of carbonyl (C=O) groups excluding carboxylic acids is 1. The second-order valence-corrected chi connectivity index (χ2v) is 6.24. The molecule has 2 aromatic heterocycles. The predicted octanol–water partition coefficient (Wildman–Crippen LogP) is 2.16. The van der Waals surface area contributed by atoms with Gasteiger partial charge >= 0.3 is 0 Å². The van der Waals surface area contributed by atoms with Crippen LogP contribution in [-0.2, 0) is 13.0 Å². The Morgan fingerprint density at radius 2 is 2.12 bits per heavy atom. The van der Waals surface area contributed by atoms with Gasteiger partial charge in [-0.1, -0.05) is 35.5 Å². The molecule has 0 atom stereocenters. The van der Waals surface area contributed by atoms with E-state index in [1.54, 1.807) is 17.1 Å². The summed E-state index contributed by atoms with van der Waals surface area (Å²) in [6, 6.07) is 10.0. The monoisotopic (exact) mass is 337 g/mol. The lowest BCUT2D eigenvalue weighted by atomic mass is 10.2. The molecule has 1 fully saturated rings. The number of benzene rings is 1. The molecule has 1 aromatic carbocycles. The van der Waals surface area contributed by atoms with Crippen molar-refractivity contribution in [3.8, 4) is 0 Å². The number of rotatable bonds is 7. The average molecular weight is 337 g/mol. The molecule has 0 aliphatic heterocycles. The van der Waals surface area contributed by atoms with Crippen molar-refractivity contribution in [1.29, 1.82) is 0 Å². The van der Waals surface area contributed by atoms with E-state index in [2.05, 4.69) is 20.6 Å². The number of hydrogen-bond donors (Lipinski definition) is 1. The first-order valence-corrected chi connectivity index (χ1v) is 8.45. The Morgan fingerprint density at radius 3 is 2.92 bits per heavy atom. The summed E-state index contributed by atoms with van der Waals surface area (Å²) in [6.45, 7) is 1.10. The molecule has 1 N–H and O–H groups in total. The second-order valence-electron chi connectivity index (χ2n) is 6.24. The zero-order valence-corrected chi connectivity index (χ0v) is 13.8. The van der Waals surface area contributed by atoms with Gasteiger partial charge in [0.25, 0.3) is 5.91 Å². The van der Waals surface area contributed by atoms with Crippen LogP contribution in [0.3, 0.4) is 0 Å². The maximum absolute atomic E-state index is 12.2. The first-order valence-electron chi connectivity index (χ1n) is 8.45. The number of hydrogen-bond acceptors (Lipinski definition) is 5. The molecule has 25 heavy (non-hydrogen) atoms. The average Bonchev–Trinajstić information content (AvgIpc) is 3.19. The third-order valence-electron chi connectivity index (χ3n) is 4.13. The highest BCUT2D eigenvalue weighted by Crippen LogP contribution is 2.38. The summed E-state index contributed by atoms with van der Waals surface area (Å²) >= 11 is 0. The fourth-order valence-corrected chi connectivity index (χ4v) is 2.59. The minimum absolute atomic E-state index is 0.148. The van der Waals surface area contributed by atoms with Gasteiger partial charge in [-0.05, 0) is 18.4 Å². The molecule has 0 saturated heterocycles. The summed E-state index contributed by atoms with van der Waals surface area (Å²) in [6.07, 6.45) is 6.15. The molecule has 0 bridgehead atoms. The number of amides is 1. The van der Waals surface area contributed by atoms with Crippen molar-refractivity contribution >= 4 is 5.91 Å². The van der Waals surface area contributed by atoms with Gasteiger partial charge in [0.05, 0.1) is 18.3 Å². The quantitative estimate of drug-likeness (QED) is 0.714. The molecule has 1 saturated carbocycles. The standard InChI is InChI=1S/C18H19N5O2/c24-17(19-9-8-16-21-18(25-22-16)14-6-7-14)15-10-20-23(12-15)11-13-4-2-1-3-5-13/h1-5,10,12,14H,6-9,11H2,(H,19,24). The number of carbonyl (C=O) groups is 1. The highest BCUT2D eigenvalue weighted by atomic mass is 16.5. The fourth-order valence-electron chi connectivity index (χ4n) is 2.59. The SMILES string of the molecule is O=C(NCCc1noc(C2CC2)n1)c1cnn(Cc2ccccc2)c1. The van der Waals surface area contributed by atoms with Crippen LogP contribution in [-0.4, -0.2) is 32.4 Å². The Bertz CT molecular complexity index is 851. The fraction of sp³-hybridized carbons (Fsp3) is 0.333. The van der Waals surface area contributed by atoms with E-state index in [1.807, 2.05) is 30.3 Å². The van der Waals surface area contributed by atoms with Gasteiger partial charge in [0.1, 0.15) is 0 Å². The Kier molecular flexibility index (Phi) is 4.28. The van der Waals surface area contributed by atoms with Crippen LogP contribution >= 0.6 is 0 Å². The first kappa shape index (κ1) is 15.6. The summed E-state index contributed by atoms with van der Waals surface area (Å²) in [7, 11) is 0. The van der Waals surface area contributed by atoms with Gasteiger partial charge in [-0.2, -0.15) is 10.1 Å². The van der Waals surface area contributed by atoms with E-state index in [0.29, 0.717) is 36.8 Å². The molecule has 1 aliphatic rings. The molecule has 7 heteroatoms. The summed E-state index contributed by atoms with van der Waals surface area (Å²) in [5.41, 5.74) is 1.68. The van der Waals surface area contributed by atoms with Crippen LogP contribution in [0.25, 0.3) is 0 Å². The van der Waals surface area contributed by atoms with Crippen molar-refractivity contribution in [1.82, 2.24) is 25.2 Å². The highest BCUT2D eigenvalue weighted by Gasteiger charge is 2.29. The third kappa shape index (κ3) is 3.93. The van der Waals surface area contributed by atoms with E-state index in [-0.39, 0.29) is 5.91 Å². The van der Waals surface area contributed by atoms with Crippen molar-refractivity contribution < 1.29 is 9.32 Å². The van der Waals surface area contributed by atoms with Gasteiger partial charge in [0, 0.05) is 25.1 Å². The van der Waals surface area contributed by atoms with Gasteiger partial charge in [-0.3, -0.25) is 9.48 Å². The maximum Gasteiger partial charge on any atom is 0.254 e. The van der Waals surface area contributed by atoms with Gasteiger partial charge in [-0.25, -0.2) is 0 Å². The Hall–Kier alpha value is -2.96. The summed E-state index contributed by atoms with van der Waals surface area (Å²) in [5.74, 6) is 1.67. The smallest absolute Gasteiger partial charge is 0.254 e. The van der Waals surface area contributed by atoms with Gasteiger partial charge in [0.2, 0.25) is 5.89 Å². The van der Waals surface area contributed by atoms with Crippen molar-refractivity contribution in [2.45, 2.75) is 31.7 Å². The molecule has 1 aliphatic carbocycles. The lowest BCUT2D eigenvalue weighted by Gasteiger charge is -2.02. The summed E-state index contributed by atoms with van der Waals surface area (Å²) in [5, 5.41) is 11.1. The molecule has 0 spiro atoms. The van der Waals surface area contributed by atoms with Gasteiger partial charge < -0.3 is 9.84 Å². The Balaban J connectivity index is 1.27. The van der Waals surface area contributed by atoms with Crippen LogP contribution in [0.5, 0.6) is 0 Å². The molecule has 0 radical (unpaired) electrons. The number of nitrogens with one attached hydrogen (secondary N) is 1. The van der Waals surface area contributed by atoms with Crippen LogP contribution in [0.15, 0.2) is 47.2 Å². The van der Waals surface area contributed by atoms with Crippen LogP contribution < -0.4 is 5.32 Å². The third-order valence-corrected chi connectivity index (χ3v) is 4.13. The topological polar surface area (TPSA) is 85.8 Å². The van der Waals surface area contributed by atoms with Crippen molar-refractivity contribution in [3.63, 3.8) is 0 Å². The molecule has 7 nitrogen and oxygen atoms in total. The van der Waals surface area contributed by atoms with Crippen LogP contribution in [0.1, 0.15) is 46.4 Å². The summed E-state index contributed by atoms with van der Waals surface area (Å²) < 4.78 is 6.96. The number of aromatic nitrogens is 4.